The fourth-order valence-corrected chi connectivity index (χ4v) is 4.96. The Hall–Kier alpha value is -3.58. The van der Waals surface area contributed by atoms with Crippen molar-refractivity contribution in [3.8, 4) is 17.6 Å². The highest BCUT2D eigenvalue weighted by Gasteiger charge is 2.34. The summed E-state index contributed by atoms with van der Waals surface area (Å²) >= 11 is 0. The van der Waals surface area contributed by atoms with Gasteiger partial charge in [0.05, 0.1) is 31.1 Å². The second-order valence-corrected chi connectivity index (χ2v) is 9.23. The van der Waals surface area contributed by atoms with Crippen molar-refractivity contribution < 1.29 is 28.6 Å². The number of nitrogens with one attached hydrogen (secondary N) is 1. The van der Waals surface area contributed by atoms with Crippen LogP contribution >= 0.6 is 0 Å². The van der Waals surface area contributed by atoms with E-state index in [1.54, 1.807) is 13.3 Å². The molecular formula is C28H29F2N3O4. The summed E-state index contributed by atoms with van der Waals surface area (Å²) in [6.45, 7) is 1.30. The molecular weight excluding hydrogens is 480 g/mol. The molecule has 0 spiro atoms. The molecule has 37 heavy (non-hydrogen) atoms. The second kappa shape index (κ2) is 12.1. The Morgan fingerprint density at radius 3 is 2.73 bits per heavy atom. The second-order valence-electron chi connectivity index (χ2n) is 9.23. The summed E-state index contributed by atoms with van der Waals surface area (Å²) in [6.07, 6.45) is 3.49. The number of piperidine rings is 1. The molecule has 0 unspecified atom stereocenters. The van der Waals surface area contributed by atoms with Crippen molar-refractivity contribution >= 4 is 16.9 Å². The Morgan fingerprint density at radius 1 is 1.24 bits per heavy atom. The molecule has 3 N–H and O–H groups in total. The topological polar surface area (TPSA) is 94.9 Å². The molecule has 2 heterocycles. The Morgan fingerprint density at radius 2 is 2.03 bits per heavy atom. The number of fused-ring (bicyclic) bond motifs is 1. The van der Waals surface area contributed by atoms with Crippen molar-refractivity contribution in [2.75, 3.05) is 26.7 Å². The lowest BCUT2D eigenvalue weighted by atomic mass is 9.81. The van der Waals surface area contributed by atoms with Crippen molar-refractivity contribution in [3.63, 3.8) is 0 Å². The molecule has 2 aromatic carbocycles. The normalized spacial score (nSPS) is 18.7. The maximum absolute atomic E-state index is 13.4. The number of aliphatic carboxylic acids is 1. The first kappa shape index (κ1) is 26.5. The van der Waals surface area contributed by atoms with E-state index in [0.29, 0.717) is 44.6 Å². The number of nitrogens with zero attached hydrogens (tertiary/aromatic N) is 2. The van der Waals surface area contributed by atoms with Gasteiger partial charge in [-0.1, -0.05) is 11.8 Å². The molecule has 1 fully saturated rings. The van der Waals surface area contributed by atoms with Gasteiger partial charge in [0.2, 0.25) is 0 Å². The zero-order valence-corrected chi connectivity index (χ0v) is 20.5. The van der Waals surface area contributed by atoms with Crippen molar-refractivity contribution in [2.45, 2.75) is 25.3 Å². The van der Waals surface area contributed by atoms with E-state index in [9.17, 15) is 23.9 Å². The van der Waals surface area contributed by atoms with Crippen LogP contribution in [0, 0.1) is 35.3 Å². The summed E-state index contributed by atoms with van der Waals surface area (Å²) in [5.74, 6) is 3.42. The molecule has 3 atom stereocenters. The van der Waals surface area contributed by atoms with Gasteiger partial charge in [0.1, 0.15) is 17.4 Å². The lowest BCUT2D eigenvalue weighted by molar-refractivity contribution is -0.146. The molecule has 0 radical (unpaired) electrons. The smallest absolute Gasteiger partial charge is 0.308 e. The first-order chi connectivity index (χ1) is 17.9. The van der Waals surface area contributed by atoms with Crippen LogP contribution in [0.15, 0.2) is 48.7 Å². The number of halogens is 2. The molecule has 0 aliphatic carbocycles. The standard InChI is InChI=1S/C28H29F2N3O4/c1-37-22-5-7-26-24(16-22)23(8-10-31-26)27(32-36)6-4-19-9-12-33(17-25(19)28(34)35)11-2-3-18-13-20(29)15-21(30)14-18/h5,7-8,10,13-16,19,25,27,32,36H,4,6,9,11-12,17H2,1H3,(H,34,35)/t19-,25+,27-/m1/s1. The number of hydroxylamine groups is 1. The van der Waals surface area contributed by atoms with E-state index in [-0.39, 0.29) is 11.5 Å². The number of pyridine rings is 1. The number of carbonyl (C=O) groups is 1. The number of carboxylic acid groups (broad SMARTS) is 1. The van der Waals surface area contributed by atoms with Gasteiger partial charge in [-0.15, -0.1) is 0 Å². The van der Waals surface area contributed by atoms with Crippen LogP contribution in [-0.2, 0) is 4.79 Å². The highest BCUT2D eigenvalue weighted by Crippen LogP contribution is 2.33. The van der Waals surface area contributed by atoms with E-state index in [1.165, 1.54) is 0 Å². The first-order valence-electron chi connectivity index (χ1n) is 12.1. The van der Waals surface area contributed by atoms with Crippen molar-refractivity contribution in [3.05, 3.63) is 71.4 Å². The summed E-state index contributed by atoms with van der Waals surface area (Å²) in [5, 5.41) is 20.7. The molecule has 194 valence electrons. The third-order valence-electron chi connectivity index (χ3n) is 6.90. The molecule has 1 saturated heterocycles. The number of ether oxygens (including phenoxy) is 1. The Balaban J connectivity index is 1.41. The average molecular weight is 510 g/mol. The number of benzene rings is 2. The largest absolute Gasteiger partial charge is 0.497 e. The van der Waals surface area contributed by atoms with Gasteiger partial charge >= 0.3 is 5.97 Å². The van der Waals surface area contributed by atoms with Crippen LogP contribution in [0.25, 0.3) is 10.9 Å². The molecule has 0 saturated carbocycles. The Kier molecular flexibility index (Phi) is 8.66. The maximum Gasteiger partial charge on any atom is 0.308 e. The fraction of sp³-hybridized carbons (Fsp3) is 0.357. The predicted molar refractivity (Wildman–Crippen MR) is 134 cm³/mol. The van der Waals surface area contributed by atoms with Crippen LogP contribution in [0.2, 0.25) is 0 Å². The van der Waals surface area contributed by atoms with Gasteiger partial charge in [-0.05, 0) is 73.7 Å². The van der Waals surface area contributed by atoms with Gasteiger partial charge in [0, 0.05) is 29.8 Å². The molecule has 0 amide bonds. The van der Waals surface area contributed by atoms with E-state index in [1.807, 2.05) is 29.2 Å². The molecule has 4 rings (SSSR count). The summed E-state index contributed by atoms with van der Waals surface area (Å²) in [7, 11) is 1.59. The number of carboxylic acids is 1. The summed E-state index contributed by atoms with van der Waals surface area (Å²) in [5.41, 5.74) is 4.27. The van der Waals surface area contributed by atoms with Crippen LogP contribution in [0.3, 0.4) is 0 Å². The van der Waals surface area contributed by atoms with Gasteiger partial charge in [0.15, 0.2) is 0 Å². The van der Waals surface area contributed by atoms with Gasteiger partial charge in [0.25, 0.3) is 0 Å². The van der Waals surface area contributed by atoms with Crippen LogP contribution in [0.5, 0.6) is 5.75 Å². The van der Waals surface area contributed by atoms with Crippen LogP contribution in [0.1, 0.15) is 36.4 Å². The lowest BCUT2D eigenvalue weighted by Crippen LogP contribution is -2.44. The third kappa shape index (κ3) is 6.60. The number of aromatic nitrogens is 1. The van der Waals surface area contributed by atoms with Gasteiger partial charge < -0.3 is 15.1 Å². The molecule has 9 heteroatoms. The van der Waals surface area contributed by atoms with E-state index in [2.05, 4.69) is 22.3 Å². The van der Waals surface area contributed by atoms with E-state index in [4.69, 9.17) is 4.74 Å². The zero-order chi connectivity index (χ0) is 26.4. The lowest BCUT2D eigenvalue weighted by Gasteiger charge is -2.36. The van der Waals surface area contributed by atoms with Crippen molar-refractivity contribution in [2.24, 2.45) is 11.8 Å². The average Bonchev–Trinajstić information content (AvgIpc) is 2.88. The molecule has 7 nitrogen and oxygen atoms in total. The minimum atomic E-state index is -0.873. The molecule has 3 aromatic rings. The highest BCUT2D eigenvalue weighted by molar-refractivity contribution is 5.84. The summed E-state index contributed by atoms with van der Waals surface area (Å²) < 4.78 is 32.0. The van der Waals surface area contributed by atoms with E-state index >= 15 is 0 Å². The number of likely N-dealkylation sites (tertiary alicyclic amines) is 1. The fourth-order valence-electron chi connectivity index (χ4n) is 4.96. The van der Waals surface area contributed by atoms with Crippen LogP contribution in [-0.4, -0.2) is 52.9 Å². The predicted octanol–water partition coefficient (Wildman–Crippen LogP) is 4.40. The number of methoxy groups -OCH3 is 1. The SMILES string of the molecule is COc1ccc2nccc([C@@H](CC[C@@H]3CCN(CC#Cc4cc(F)cc(F)c4)C[C@@H]3C(=O)O)NO)c2c1. The minimum absolute atomic E-state index is 0.0717. The molecule has 1 aliphatic rings. The molecule has 1 aliphatic heterocycles. The van der Waals surface area contributed by atoms with E-state index in [0.717, 1.165) is 34.7 Å². The van der Waals surface area contributed by atoms with Crippen LogP contribution < -0.4 is 10.2 Å². The molecule has 1 aromatic heterocycles. The summed E-state index contributed by atoms with van der Waals surface area (Å²) in [6, 6.07) is 10.1. The number of hydrogen-bond acceptors (Lipinski definition) is 6. The van der Waals surface area contributed by atoms with Gasteiger partial charge in [-0.3, -0.25) is 14.7 Å². The minimum Gasteiger partial charge on any atom is -0.497 e. The highest BCUT2D eigenvalue weighted by atomic mass is 19.1. The molecule has 0 bridgehead atoms. The van der Waals surface area contributed by atoms with Crippen molar-refractivity contribution in [1.29, 1.82) is 0 Å². The van der Waals surface area contributed by atoms with Crippen LogP contribution in [0.4, 0.5) is 8.78 Å². The third-order valence-corrected chi connectivity index (χ3v) is 6.90. The monoisotopic (exact) mass is 509 g/mol. The Bertz CT molecular complexity index is 1300. The van der Waals surface area contributed by atoms with E-state index < -0.39 is 29.6 Å². The number of rotatable bonds is 8. The van der Waals surface area contributed by atoms with Crippen molar-refractivity contribution in [1.82, 2.24) is 15.4 Å². The maximum atomic E-state index is 13.4. The quantitative estimate of drug-likeness (QED) is 0.306. The zero-order valence-electron chi connectivity index (χ0n) is 20.5. The summed E-state index contributed by atoms with van der Waals surface area (Å²) in [4.78, 5) is 18.4. The Labute approximate surface area is 214 Å². The number of hydrogen-bond donors (Lipinski definition) is 3. The first-order valence-corrected chi connectivity index (χ1v) is 12.1. The van der Waals surface area contributed by atoms with Gasteiger partial charge in [-0.25, -0.2) is 8.78 Å². The van der Waals surface area contributed by atoms with Gasteiger partial charge in [-0.2, -0.15) is 5.48 Å².